The second-order valence-corrected chi connectivity index (χ2v) is 6.47. The molecule has 138 valence electrons. The third-order valence-electron chi connectivity index (χ3n) is 3.87. The number of ether oxygens (including phenoxy) is 3. The van der Waals surface area contributed by atoms with Crippen molar-refractivity contribution in [3.05, 3.63) is 58.1 Å². The first-order valence-electron chi connectivity index (χ1n) is 8.02. The summed E-state index contributed by atoms with van der Waals surface area (Å²) in [4.78, 5) is 12.3. The molecule has 0 spiro atoms. The van der Waals surface area contributed by atoms with Crippen molar-refractivity contribution in [1.82, 2.24) is 5.32 Å². The van der Waals surface area contributed by atoms with Gasteiger partial charge in [-0.05, 0) is 49.4 Å². The maximum Gasteiger partial charge on any atom is 0.244 e. The Hall–Kier alpha value is -2.47. The van der Waals surface area contributed by atoms with Crippen LogP contribution in [-0.2, 0) is 4.79 Å². The first kappa shape index (κ1) is 19.8. The Kier molecular flexibility index (Phi) is 7.09. The van der Waals surface area contributed by atoms with Gasteiger partial charge in [0.2, 0.25) is 5.91 Å². The van der Waals surface area contributed by atoms with Gasteiger partial charge in [-0.2, -0.15) is 0 Å². The Morgan fingerprint density at radius 3 is 2.38 bits per heavy atom. The number of hydrogen-bond acceptors (Lipinski definition) is 4. The van der Waals surface area contributed by atoms with Crippen molar-refractivity contribution in [3.8, 4) is 17.2 Å². The summed E-state index contributed by atoms with van der Waals surface area (Å²) >= 11 is 3.42. The molecule has 1 amide bonds. The minimum absolute atomic E-state index is 0.218. The molecule has 1 N–H and O–H groups in total. The number of rotatable bonds is 7. The fraction of sp³-hybridized carbons (Fsp3) is 0.250. The Balaban J connectivity index is 2.14. The summed E-state index contributed by atoms with van der Waals surface area (Å²) in [6.07, 6.45) is 3.20. The molecule has 1 atom stereocenters. The summed E-state index contributed by atoms with van der Waals surface area (Å²) in [5.74, 6) is 1.87. The van der Waals surface area contributed by atoms with Gasteiger partial charge in [0.25, 0.3) is 0 Å². The van der Waals surface area contributed by atoms with Crippen LogP contribution in [0.4, 0.5) is 0 Å². The van der Waals surface area contributed by atoms with Gasteiger partial charge < -0.3 is 19.5 Å². The molecule has 6 heteroatoms. The van der Waals surface area contributed by atoms with Crippen LogP contribution in [0.25, 0.3) is 6.08 Å². The molecule has 0 bridgehead atoms. The molecule has 26 heavy (non-hydrogen) atoms. The van der Waals surface area contributed by atoms with Gasteiger partial charge in [-0.3, -0.25) is 4.79 Å². The van der Waals surface area contributed by atoms with Gasteiger partial charge in [0.1, 0.15) is 17.2 Å². The fourth-order valence-corrected chi connectivity index (χ4v) is 2.90. The van der Waals surface area contributed by atoms with Gasteiger partial charge in [-0.25, -0.2) is 0 Å². The van der Waals surface area contributed by atoms with Crippen LogP contribution in [0.1, 0.15) is 24.1 Å². The van der Waals surface area contributed by atoms with Gasteiger partial charge >= 0.3 is 0 Å². The predicted molar refractivity (Wildman–Crippen MR) is 106 cm³/mol. The SMILES string of the molecule is COc1ccc(OC)c([C@H](C)NC(=O)/C=C/c2cc(Br)ccc2OC)c1. The van der Waals surface area contributed by atoms with E-state index in [0.29, 0.717) is 17.2 Å². The number of methoxy groups -OCH3 is 3. The van der Waals surface area contributed by atoms with E-state index in [2.05, 4.69) is 21.2 Å². The highest BCUT2D eigenvalue weighted by Gasteiger charge is 2.14. The molecular formula is C20H22BrNO4. The summed E-state index contributed by atoms with van der Waals surface area (Å²) in [6, 6.07) is 10.8. The van der Waals surface area contributed by atoms with Gasteiger partial charge in [0.15, 0.2) is 0 Å². The van der Waals surface area contributed by atoms with Crippen LogP contribution in [0.5, 0.6) is 17.2 Å². The Morgan fingerprint density at radius 1 is 1.04 bits per heavy atom. The summed E-state index contributed by atoms with van der Waals surface area (Å²) < 4.78 is 16.8. The van der Waals surface area contributed by atoms with E-state index < -0.39 is 0 Å². The predicted octanol–water partition coefficient (Wildman–Crippen LogP) is 4.37. The molecule has 0 saturated carbocycles. The molecule has 0 heterocycles. The Labute approximate surface area is 162 Å². The van der Waals surface area contributed by atoms with Crippen molar-refractivity contribution in [2.45, 2.75) is 13.0 Å². The van der Waals surface area contributed by atoms with E-state index in [0.717, 1.165) is 15.6 Å². The normalized spacial score (nSPS) is 11.9. The van der Waals surface area contributed by atoms with Crippen molar-refractivity contribution >= 4 is 27.9 Å². The number of amides is 1. The van der Waals surface area contributed by atoms with Gasteiger partial charge in [-0.15, -0.1) is 0 Å². The van der Waals surface area contributed by atoms with E-state index in [1.807, 2.05) is 43.3 Å². The van der Waals surface area contributed by atoms with Crippen LogP contribution in [-0.4, -0.2) is 27.2 Å². The molecule has 0 fully saturated rings. The monoisotopic (exact) mass is 419 g/mol. The van der Waals surface area contributed by atoms with Gasteiger partial charge in [0.05, 0.1) is 27.4 Å². The third-order valence-corrected chi connectivity index (χ3v) is 4.36. The van der Waals surface area contributed by atoms with Crippen molar-refractivity contribution < 1.29 is 19.0 Å². The summed E-state index contributed by atoms with van der Waals surface area (Å²) in [7, 11) is 4.79. The number of hydrogen-bond donors (Lipinski definition) is 1. The number of carbonyl (C=O) groups excluding carboxylic acids is 1. The number of carbonyl (C=O) groups is 1. The van der Waals surface area contributed by atoms with E-state index >= 15 is 0 Å². The largest absolute Gasteiger partial charge is 0.497 e. The van der Waals surface area contributed by atoms with Crippen LogP contribution < -0.4 is 19.5 Å². The van der Waals surface area contributed by atoms with E-state index in [4.69, 9.17) is 14.2 Å². The number of halogens is 1. The highest BCUT2D eigenvalue weighted by atomic mass is 79.9. The van der Waals surface area contributed by atoms with E-state index in [9.17, 15) is 4.79 Å². The molecular weight excluding hydrogens is 398 g/mol. The average Bonchev–Trinajstić information content (AvgIpc) is 2.65. The van der Waals surface area contributed by atoms with Gasteiger partial charge in [0, 0.05) is 21.7 Å². The highest BCUT2D eigenvalue weighted by Crippen LogP contribution is 2.29. The van der Waals surface area contributed by atoms with Gasteiger partial charge in [-0.1, -0.05) is 15.9 Å². The molecule has 2 aromatic carbocycles. The standard InChI is InChI=1S/C20H22BrNO4/c1-13(17-12-16(24-2)7-9-19(17)26-4)22-20(23)10-5-14-11-15(21)6-8-18(14)25-3/h5-13H,1-4H3,(H,22,23)/b10-5+/t13-/m0/s1. The molecule has 2 aromatic rings. The topological polar surface area (TPSA) is 56.8 Å². The Bertz CT molecular complexity index is 804. The first-order chi connectivity index (χ1) is 12.5. The lowest BCUT2D eigenvalue weighted by atomic mass is 10.1. The van der Waals surface area contributed by atoms with E-state index in [1.165, 1.54) is 6.08 Å². The maximum absolute atomic E-state index is 12.3. The summed E-state index contributed by atoms with van der Waals surface area (Å²) in [6.45, 7) is 1.89. The van der Waals surface area contributed by atoms with Crippen LogP contribution in [0, 0.1) is 0 Å². The molecule has 0 saturated heterocycles. The van der Waals surface area contributed by atoms with E-state index in [1.54, 1.807) is 27.4 Å². The van der Waals surface area contributed by atoms with Crippen LogP contribution >= 0.6 is 15.9 Å². The lowest BCUT2D eigenvalue weighted by Crippen LogP contribution is -2.25. The van der Waals surface area contributed by atoms with Crippen LogP contribution in [0.15, 0.2) is 46.9 Å². The van der Waals surface area contributed by atoms with Crippen molar-refractivity contribution in [3.63, 3.8) is 0 Å². The molecule has 0 aliphatic carbocycles. The smallest absolute Gasteiger partial charge is 0.244 e. The van der Waals surface area contributed by atoms with Crippen molar-refractivity contribution in [1.29, 1.82) is 0 Å². The highest BCUT2D eigenvalue weighted by molar-refractivity contribution is 9.10. The first-order valence-corrected chi connectivity index (χ1v) is 8.81. The maximum atomic E-state index is 12.3. The molecule has 0 aliphatic heterocycles. The second-order valence-electron chi connectivity index (χ2n) is 5.56. The molecule has 2 rings (SSSR count). The Morgan fingerprint density at radius 2 is 1.73 bits per heavy atom. The quantitative estimate of drug-likeness (QED) is 0.677. The summed E-state index contributed by atoms with van der Waals surface area (Å²) in [5.41, 5.74) is 1.65. The van der Waals surface area contributed by atoms with Crippen molar-refractivity contribution in [2.75, 3.05) is 21.3 Å². The zero-order chi connectivity index (χ0) is 19.1. The minimum Gasteiger partial charge on any atom is -0.497 e. The molecule has 0 aliphatic rings. The minimum atomic E-state index is -0.249. The molecule has 0 radical (unpaired) electrons. The van der Waals surface area contributed by atoms with Crippen LogP contribution in [0.2, 0.25) is 0 Å². The molecule has 0 unspecified atom stereocenters. The average molecular weight is 420 g/mol. The fourth-order valence-electron chi connectivity index (χ4n) is 2.52. The zero-order valence-corrected chi connectivity index (χ0v) is 16.8. The lowest BCUT2D eigenvalue weighted by Gasteiger charge is -2.17. The third kappa shape index (κ3) is 5.02. The number of nitrogens with one attached hydrogen (secondary N) is 1. The van der Waals surface area contributed by atoms with Crippen molar-refractivity contribution in [2.24, 2.45) is 0 Å². The summed E-state index contributed by atoms with van der Waals surface area (Å²) in [5, 5.41) is 2.93. The lowest BCUT2D eigenvalue weighted by molar-refractivity contribution is -0.117. The second kappa shape index (κ2) is 9.29. The van der Waals surface area contributed by atoms with Crippen LogP contribution in [0.3, 0.4) is 0 Å². The number of benzene rings is 2. The molecule has 5 nitrogen and oxygen atoms in total. The zero-order valence-electron chi connectivity index (χ0n) is 15.2. The van der Waals surface area contributed by atoms with E-state index in [-0.39, 0.29) is 11.9 Å². The molecule has 0 aromatic heterocycles.